The van der Waals surface area contributed by atoms with Crippen molar-refractivity contribution in [3.63, 3.8) is 0 Å². The third kappa shape index (κ3) is 3.00. The fraction of sp³-hybridized carbons (Fsp3) is 0.625. The van der Waals surface area contributed by atoms with Crippen LogP contribution in [0.15, 0.2) is 18.3 Å². The van der Waals surface area contributed by atoms with Gasteiger partial charge in [-0.2, -0.15) is 4.39 Å². The van der Waals surface area contributed by atoms with Crippen molar-refractivity contribution in [3.05, 3.63) is 24.3 Å². The van der Waals surface area contributed by atoms with Gasteiger partial charge in [0.05, 0.1) is 11.9 Å². The Balaban J connectivity index is 1.56. The molecule has 0 radical (unpaired) electrons. The molecular weight excluding hydrogens is 285 g/mol. The fourth-order valence-electron chi connectivity index (χ4n) is 3.18. The van der Waals surface area contributed by atoms with E-state index in [9.17, 15) is 9.18 Å². The van der Waals surface area contributed by atoms with Gasteiger partial charge in [0.25, 0.3) is 0 Å². The molecule has 2 aliphatic heterocycles. The summed E-state index contributed by atoms with van der Waals surface area (Å²) in [5.41, 5.74) is 0.617. The first-order valence-corrected chi connectivity index (χ1v) is 7.61. The Morgan fingerprint density at radius 3 is 2.64 bits per heavy atom. The molecule has 0 saturated carbocycles. The van der Waals surface area contributed by atoms with Crippen LogP contribution in [-0.4, -0.2) is 47.8 Å². The molecule has 5 nitrogen and oxygen atoms in total. The first kappa shape index (κ1) is 15.1. The number of nitrogens with zero attached hydrogens (tertiary/aromatic N) is 3. The van der Waals surface area contributed by atoms with E-state index < -0.39 is 11.5 Å². The standard InChI is InChI=1S/C16H22FN3O2/c1-15(2,3)22-14(21)19-7-6-16(9-19)10-20(11-16)12-4-5-13(17)18-8-12/h4-5,8H,6-7,9-11H2,1-3H3. The lowest BCUT2D eigenvalue weighted by Crippen LogP contribution is -2.58. The number of aromatic nitrogens is 1. The second-order valence-corrected chi connectivity index (χ2v) is 7.35. The van der Waals surface area contributed by atoms with Crippen molar-refractivity contribution in [1.29, 1.82) is 0 Å². The number of rotatable bonds is 1. The van der Waals surface area contributed by atoms with Crippen molar-refractivity contribution in [1.82, 2.24) is 9.88 Å². The Morgan fingerprint density at radius 2 is 2.05 bits per heavy atom. The van der Waals surface area contributed by atoms with Gasteiger partial charge in [-0.1, -0.05) is 0 Å². The van der Waals surface area contributed by atoms with Crippen LogP contribution in [0.5, 0.6) is 0 Å². The SMILES string of the molecule is CC(C)(C)OC(=O)N1CCC2(C1)CN(c1ccc(F)nc1)C2. The van der Waals surface area contributed by atoms with Crippen molar-refractivity contribution in [2.75, 3.05) is 31.1 Å². The van der Waals surface area contributed by atoms with Crippen LogP contribution in [-0.2, 0) is 4.74 Å². The Hall–Kier alpha value is -1.85. The minimum atomic E-state index is -0.462. The van der Waals surface area contributed by atoms with Gasteiger partial charge in [0.2, 0.25) is 5.95 Å². The average Bonchev–Trinajstić information content (AvgIpc) is 2.81. The molecule has 0 N–H and O–H groups in total. The minimum Gasteiger partial charge on any atom is -0.444 e. The van der Waals surface area contributed by atoms with Crippen LogP contribution >= 0.6 is 0 Å². The number of amides is 1. The second kappa shape index (κ2) is 5.11. The van der Waals surface area contributed by atoms with E-state index >= 15 is 0 Å². The summed E-state index contributed by atoms with van der Waals surface area (Å²) in [6, 6.07) is 3.12. The molecule has 120 valence electrons. The molecule has 2 fully saturated rings. The molecule has 1 aromatic rings. The maximum Gasteiger partial charge on any atom is 0.410 e. The summed E-state index contributed by atoms with van der Waals surface area (Å²) in [6.07, 6.45) is 2.31. The number of pyridine rings is 1. The highest BCUT2D eigenvalue weighted by atomic mass is 19.1. The topological polar surface area (TPSA) is 45.7 Å². The summed E-state index contributed by atoms with van der Waals surface area (Å²) in [6.45, 7) is 8.85. The molecule has 1 aromatic heterocycles. The Labute approximate surface area is 130 Å². The number of hydrogen-bond donors (Lipinski definition) is 0. The number of halogens is 1. The zero-order valence-corrected chi connectivity index (χ0v) is 13.3. The molecule has 1 amide bonds. The van der Waals surface area contributed by atoms with E-state index in [1.165, 1.54) is 6.07 Å². The van der Waals surface area contributed by atoms with Gasteiger partial charge >= 0.3 is 6.09 Å². The van der Waals surface area contributed by atoms with Crippen molar-refractivity contribution in [2.24, 2.45) is 5.41 Å². The molecule has 6 heteroatoms. The van der Waals surface area contributed by atoms with Crippen LogP contribution in [0.2, 0.25) is 0 Å². The summed E-state index contributed by atoms with van der Waals surface area (Å²) < 4.78 is 18.3. The van der Waals surface area contributed by atoms with Crippen LogP contribution in [0.25, 0.3) is 0 Å². The number of carbonyl (C=O) groups excluding carboxylic acids is 1. The van der Waals surface area contributed by atoms with Crippen LogP contribution in [0.4, 0.5) is 14.9 Å². The number of anilines is 1. The normalized spacial score (nSPS) is 20.2. The molecule has 3 heterocycles. The van der Waals surface area contributed by atoms with Crippen LogP contribution in [0.1, 0.15) is 27.2 Å². The van der Waals surface area contributed by atoms with Crippen molar-refractivity contribution >= 4 is 11.8 Å². The van der Waals surface area contributed by atoms with E-state index in [1.807, 2.05) is 20.8 Å². The summed E-state index contributed by atoms with van der Waals surface area (Å²) in [5.74, 6) is -0.462. The lowest BCUT2D eigenvalue weighted by Gasteiger charge is -2.49. The van der Waals surface area contributed by atoms with Crippen LogP contribution < -0.4 is 4.90 Å². The van der Waals surface area contributed by atoms with Crippen LogP contribution in [0.3, 0.4) is 0 Å². The minimum absolute atomic E-state index is 0.144. The molecule has 0 aliphatic carbocycles. The van der Waals surface area contributed by atoms with E-state index in [-0.39, 0.29) is 11.5 Å². The maximum atomic E-state index is 12.9. The van der Waals surface area contributed by atoms with Gasteiger partial charge in [-0.15, -0.1) is 0 Å². The third-order valence-corrected chi connectivity index (χ3v) is 4.22. The molecule has 0 aromatic carbocycles. The van der Waals surface area contributed by atoms with Gasteiger partial charge in [0.15, 0.2) is 0 Å². The molecule has 3 rings (SSSR count). The highest BCUT2D eigenvalue weighted by Crippen LogP contribution is 2.41. The summed E-state index contributed by atoms with van der Waals surface area (Å²) >= 11 is 0. The molecule has 0 bridgehead atoms. The summed E-state index contributed by atoms with van der Waals surface area (Å²) in [5, 5.41) is 0. The molecular formula is C16H22FN3O2. The Kier molecular flexibility index (Phi) is 3.50. The Morgan fingerprint density at radius 1 is 1.32 bits per heavy atom. The van der Waals surface area contributed by atoms with E-state index in [0.717, 1.165) is 38.3 Å². The average molecular weight is 307 g/mol. The van der Waals surface area contributed by atoms with Crippen molar-refractivity contribution < 1.29 is 13.9 Å². The molecule has 2 aliphatic rings. The fourth-order valence-corrected chi connectivity index (χ4v) is 3.18. The number of likely N-dealkylation sites (tertiary alicyclic amines) is 1. The largest absolute Gasteiger partial charge is 0.444 e. The smallest absolute Gasteiger partial charge is 0.410 e. The summed E-state index contributed by atoms with van der Waals surface area (Å²) in [7, 11) is 0. The highest BCUT2D eigenvalue weighted by Gasteiger charge is 2.49. The van der Waals surface area contributed by atoms with E-state index in [1.54, 1.807) is 17.2 Å². The highest BCUT2D eigenvalue weighted by molar-refractivity contribution is 5.69. The molecule has 0 unspecified atom stereocenters. The van der Waals surface area contributed by atoms with E-state index in [4.69, 9.17) is 4.74 Å². The molecule has 0 atom stereocenters. The lowest BCUT2D eigenvalue weighted by atomic mass is 9.79. The van der Waals surface area contributed by atoms with Gasteiger partial charge in [0, 0.05) is 31.6 Å². The van der Waals surface area contributed by atoms with Gasteiger partial charge in [-0.25, -0.2) is 9.78 Å². The molecule has 22 heavy (non-hydrogen) atoms. The van der Waals surface area contributed by atoms with Crippen molar-refractivity contribution in [2.45, 2.75) is 32.8 Å². The monoisotopic (exact) mass is 307 g/mol. The molecule has 2 saturated heterocycles. The van der Waals surface area contributed by atoms with E-state index in [2.05, 4.69) is 9.88 Å². The van der Waals surface area contributed by atoms with Crippen LogP contribution in [0, 0.1) is 11.4 Å². The van der Waals surface area contributed by atoms with Gasteiger partial charge in [0.1, 0.15) is 5.60 Å². The number of ether oxygens (including phenoxy) is 1. The van der Waals surface area contributed by atoms with Gasteiger partial charge in [-0.05, 0) is 39.3 Å². The first-order valence-electron chi connectivity index (χ1n) is 7.61. The zero-order chi connectivity index (χ0) is 16.0. The quantitative estimate of drug-likeness (QED) is 0.748. The predicted octanol–water partition coefficient (Wildman–Crippen LogP) is 2.67. The predicted molar refractivity (Wildman–Crippen MR) is 81.3 cm³/mol. The van der Waals surface area contributed by atoms with Crippen molar-refractivity contribution in [3.8, 4) is 0 Å². The summed E-state index contributed by atoms with van der Waals surface area (Å²) in [4.78, 5) is 19.8. The second-order valence-electron chi connectivity index (χ2n) is 7.35. The van der Waals surface area contributed by atoms with Gasteiger partial charge < -0.3 is 14.5 Å². The number of carbonyl (C=O) groups is 1. The van der Waals surface area contributed by atoms with E-state index in [0.29, 0.717) is 0 Å². The number of hydrogen-bond acceptors (Lipinski definition) is 4. The zero-order valence-electron chi connectivity index (χ0n) is 13.3. The van der Waals surface area contributed by atoms with Gasteiger partial charge in [-0.3, -0.25) is 0 Å². The molecule has 1 spiro atoms. The Bertz CT molecular complexity index is 562. The maximum absolute atomic E-state index is 12.9. The first-order chi connectivity index (χ1) is 10.3. The third-order valence-electron chi connectivity index (χ3n) is 4.22. The lowest BCUT2D eigenvalue weighted by molar-refractivity contribution is 0.0265.